The number of nitrogen functional groups attached to an aromatic ring is 1. The molecule has 2 heterocycles. The van der Waals surface area contributed by atoms with Crippen LogP contribution in [0.3, 0.4) is 0 Å². The van der Waals surface area contributed by atoms with E-state index in [2.05, 4.69) is 59.6 Å². The van der Waals surface area contributed by atoms with Crippen LogP contribution in [0.15, 0.2) is 29.6 Å². The second-order valence-corrected chi connectivity index (χ2v) is 10.7. The fourth-order valence-electron chi connectivity index (χ4n) is 6.60. The number of anilines is 3. The SMILES string of the molecule is CC1=CCC[C@H]2[C@](C)(CC/C(C)=C/CN3CN(C)c4ncnc(N)c43)[C@@H](C)CC[C@]12C=O. The lowest BCUT2D eigenvalue weighted by Gasteiger charge is -2.57. The Hall–Kier alpha value is -2.37. The molecule has 0 bridgehead atoms. The Morgan fingerprint density at radius 3 is 2.88 bits per heavy atom. The maximum absolute atomic E-state index is 12.4. The van der Waals surface area contributed by atoms with Crippen LogP contribution < -0.4 is 15.5 Å². The van der Waals surface area contributed by atoms with E-state index < -0.39 is 0 Å². The van der Waals surface area contributed by atoms with Gasteiger partial charge in [0.2, 0.25) is 0 Å². The third-order valence-corrected chi connectivity index (χ3v) is 9.00. The van der Waals surface area contributed by atoms with Crippen LogP contribution in [-0.4, -0.2) is 36.5 Å². The van der Waals surface area contributed by atoms with Crippen LogP contribution in [-0.2, 0) is 4.79 Å². The molecule has 4 atom stereocenters. The maximum Gasteiger partial charge on any atom is 0.159 e. The first-order chi connectivity index (χ1) is 15.2. The normalized spacial score (nSPS) is 32.4. The minimum absolute atomic E-state index is 0.183. The van der Waals surface area contributed by atoms with Crippen molar-refractivity contribution in [2.45, 2.75) is 66.2 Å². The molecule has 1 saturated carbocycles. The quantitative estimate of drug-likeness (QED) is 0.500. The molecular weight excluding hydrogens is 398 g/mol. The summed E-state index contributed by atoms with van der Waals surface area (Å²) in [6.45, 7) is 10.9. The summed E-state index contributed by atoms with van der Waals surface area (Å²) in [6.07, 6.45) is 14.0. The van der Waals surface area contributed by atoms with E-state index in [0.717, 1.165) is 63.2 Å². The Labute approximate surface area is 193 Å². The highest BCUT2D eigenvalue weighted by Crippen LogP contribution is 2.61. The van der Waals surface area contributed by atoms with E-state index in [-0.39, 0.29) is 10.8 Å². The van der Waals surface area contributed by atoms with Crippen molar-refractivity contribution in [3.8, 4) is 0 Å². The number of nitrogens with two attached hydrogens (primary N) is 1. The Morgan fingerprint density at radius 2 is 2.12 bits per heavy atom. The Morgan fingerprint density at radius 1 is 1.34 bits per heavy atom. The monoisotopic (exact) mass is 437 g/mol. The summed E-state index contributed by atoms with van der Waals surface area (Å²) in [5, 5.41) is 0. The van der Waals surface area contributed by atoms with Crippen molar-refractivity contribution < 1.29 is 4.79 Å². The summed E-state index contributed by atoms with van der Waals surface area (Å²) >= 11 is 0. The van der Waals surface area contributed by atoms with Crippen molar-refractivity contribution in [3.05, 3.63) is 29.6 Å². The van der Waals surface area contributed by atoms with Crippen LogP contribution in [0.4, 0.5) is 17.3 Å². The van der Waals surface area contributed by atoms with Crippen molar-refractivity contribution in [1.29, 1.82) is 0 Å². The van der Waals surface area contributed by atoms with Gasteiger partial charge < -0.3 is 20.3 Å². The Bertz CT molecular complexity index is 940. The van der Waals surface area contributed by atoms with Crippen molar-refractivity contribution in [2.24, 2.45) is 22.7 Å². The number of nitrogens with zero attached hydrogens (tertiary/aromatic N) is 4. The number of hydrogen-bond acceptors (Lipinski definition) is 6. The van der Waals surface area contributed by atoms with Crippen LogP contribution in [0.5, 0.6) is 0 Å². The van der Waals surface area contributed by atoms with Gasteiger partial charge >= 0.3 is 0 Å². The Kier molecular flexibility index (Phi) is 6.08. The molecule has 0 aromatic carbocycles. The summed E-state index contributed by atoms with van der Waals surface area (Å²) in [5.41, 5.74) is 9.74. The van der Waals surface area contributed by atoms with E-state index in [9.17, 15) is 4.79 Å². The van der Waals surface area contributed by atoms with Gasteiger partial charge in [-0.05, 0) is 69.6 Å². The second-order valence-electron chi connectivity index (χ2n) is 10.7. The molecule has 6 nitrogen and oxygen atoms in total. The predicted octanol–water partition coefficient (Wildman–Crippen LogP) is 4.98. The highest BCUT2D eigenvalue weighted by Gasteiger charge is 2.55. The third-order valence-electron chi connectivity index (χ3n) is 9.00. The highest BCUT2D eigenvalue weighted by atomic mass is 16.1. The van der Waals surface area contributed by atoms with Crippen LogP contribution in [0.1, 0.15) is 66.2 Å². The molecule has 0 radical (unpaired) electrons. The average molecular weight is 438 g/mol. The van der Waals surface area contributed by atoms with Gasteiger partial charge in [0.25, 0.3) is 0 Å². The van der Waals surface area contributed by atoms with Crippen LogP contribution in [0.25, 0.3) is 0 Å². The molecule has 0 unspecified atom stereocenters. The third kappa shape index (κ3) is 3.61. The molecule has 3 aliphatic rings. The molecule has 1 fully saturated rings. The first-order valence-electron chi connectivity index (χ1n) is 12.1. The number of aromatic nitrogens is 2. The second kappa shape index (κ2) is 8.53. The predicted molar refractivity (Wildman–Crippen MR) is 132 cm³/mol. The number of fused-ring (bicyclic) bond motifs is 2. The number of allylic oxidation sites excluding steroid dienone is 3. The number of carbonyl (C=O) groups excluding carboxylic acids is 1. The topological polar surface area (TPSA) is 75.3 Å². The van der Waals surface area contributed by atoms with Crippen LogP contribution in [0, 0.1) is 22.7 Å². The lowest BCUT2D eigenvalue weighted by Crippen LogP contribution is -2.51. The number of rotatable bonds is 6. The molecule has 0 spiro atoms. The lowest BCUT2D eigenvalue weighted by molar-refractivity contribution is -0.128. The van der Waals surface area contributed by atoms with Gasteiger partial charge in [-0.2, -0.15) is 0 Å². The van der Waals surface area contributed by atoms with Gasteiger partial charge in [0.05, 0.1) is 6.67 Å². The summed E-state index contributed by atoms with van der Waals surface area (Å²) in [5.74, 6) is 2.53. The van der Waals surface area contributed by atoms with Gasteiger partial charge in [-0.25, -0.2) is 9.97 Å². The average Bonchev–Trinajstić information content (AvgIpc) is 3.11. The van der Waals surface area contributed by atoms with Gasteiger partial charge in [0, 0.05) is 19.0 Å². The summed E-state index contributed by atoms with van der Waals surface area (Å²) < 4.78 is 0. The molecule has 174 valence electrons. The fourth-order valence-corrected chi connectivity index (χ4v) is 6.60. The minimum atomic E-state index is -0.238. The molecule has 4 rings (SSSR count). The van der Waals surface area contributed by atoms with Crippen LogP contribution >= 0.6 is 0 Å². The summed E-state index contributed by atoms with van der Waals surface area (Å²) in [6, 6.07) is 0. The van der Waals surface area contributed by atoms with Crippen molar-refractivity contribution in [2.75, 3.05) is 35.8 Å². The minimum Gasteiger partial charge on any atom is -0.382 e. The number of aldehydes is 1. The van der Waals surface area contributed by atoms with E-state index in [0.29, 0.717) is 17.7 Å². The molecule has 2 aliphatic carbocycles. The van der Waals surface area contributed by atoms with Gasteiger partial charge in [0.15, 0.2) is 11.6 Å². The zero-order valence-electron chi connectivity index (χ0n) is 20.4. The molecule has 1 aromatic rings. The first kappa shape index (κ1) is 22.8. The van der Waals surface area contributed by atoms with E-state index in [1.54, 1.807) is 0 Å². The number of carbonyl (C=O) groups is 1. The molecule has 6 heteroatoms. The van der Waals surface area contributed by atoms with Gasteiger partial charge in [-0.3, -0.25) is 0 Å². The van der Waals surface area contributed by atoms with Crippen molar-refractivity contribution in [3.63, 3.8) is 0 Å². The molecule has 1 aromatic heterocycles. The standard InChI is InChI=1S/C26H39N5O/c1-18(11-14-31-17-30(5)24-22(31)23(27)28-16-29-24)9-12-25(4)19(2)10-13-26(15-32)20(3)7-6-8-21(25)26/h7,11,15-16,19,21H,6,8-10,12-14,17H2,1-5H3,(H2,27,28,29)/b18-11+/t19-,21-,25+,26-/m0/s1. The molecule has 32 heavy (non-hydrogen) atoms. The van der Waals surface area contributed by atoms with E-state index >= 15 is 0 Å². The van der Waals surface area contributed by atoms with E-state index in [1.807, 2.05) is 7.05 Å². The van der Waals surface area contributed by atoms with E-state index in [1.165, 1.54) is 23.8 Å². The van der Waals surface area contributed by atoms with Crippen molar-refractivity contribution >= 4 is 23.6 Å². The summed E-state index contributed by atoms with van der Waals surface area (Å²) in [4.78, 5) is 25.3. The first-order valence-corrected chi connectivity index (χ1v) is 12.1. The fraction of sp³-hybridized carbons (Fsp3) is 0.654. The highest BCUT2D eigenvalue weighted by molar-refractivity contribution is 5.81. The molecule has 1 aliphatic heterocycles. The molecule has 0 saturated heterocycles. The molecule has 0 amide bonds. The van der Waals surface area contributed by atoms with Crippen LogP contribution in [0.2, 0.25) is 0 Å². The number of hydrogen-bond donors (Lipinski definition) is 1. The lowest BCUT2D eigenvalue weighted by atomic mass is 9.46. The Balaban J connectivity index is 1.47. The summed E-state index contributed by atoms with van der Waals surface area (Å²) in [7, 11) is 2.03. The van der Waals surface area contributed by atoms with Gasteiger partial charge in [-0.1, -0.05) is 37.1 Å². The van der Waals surface area contributed by atoms with E-state index in [4.69, 9.17) is 5.73 Å². The van der Waals surface area contributed by atoms with Crippen molar-refractivity contribution in [1.82, 2.24) is 9.97 Å². The maximum atomic E-state index is 12.4. The molecule has 2 N–H and O–H groups in total. The smallest absolute Gasteiger partial charge is 0.159 e. The van der Waals surface area contributed by atoms with Gasteiger partial charge in [-0.15, -0.1) is 0 Å². The zero-order chi connectivity index (χ0) is 23.1. The van der Waals surface area contributed by atoms with Gasteiger partial charge in [0.1, 0.15) is 18.3 Å². The molecular formula is C26H39N5O. The zero-order valence-corrected chi connectivity index (χ0v) is 20.4. The largest absolute Gasteiger partial charge is 0.382 e.